The molecule has 0 amide bonds. The molecule has 3 aromatic rings. The lowest BCUT2D eigenvalue weighted by Crippen LogP contribution is -2.35. The lowest BCUT2D eigenvalue weighted by molar-refractivity contribution is -0.143. The van der Waals surface area contributed by atoms with E-state index in [0.717, 1.165) is 6.04 Å². The summed E-state index contributed by atoms with van der Waals surface area (Å²) in [6.45, 7) is 11.0. The van der Waals surface area contributed by atoms with Crippen LogP contribution in [0.2, 0.25) is 25.7 Å². The summed E-state index contributed by atoms with van der Waals surface area (Å²) in [4.78, 5) is 21.0. The fourth-order valence-electron chi connectivity index (χ4n) is 4.06. The molecule has 40 heavy (non-hydrogen) atoms. The molecule has 3 heterocycles. The van der Waals surface area contributed by atoms with Gasteiger partial charge < -0.3 is 14.6 Å². The third-order valence-electron chi connectivity index (χ3n) is 6.28. The Morgan fingerprint density at radius 1 is 1.18 bits per heavy atom. The summed E-state index contributed by atoms with van der Waals surface area (Å²) in [5, 5.41) is 8.88. The van der Waals surface area contributed by atoms with Crippen LogP contribution in [0, 0.1) is 5.92 Å². The van der Waals surface area contributed by atoms with Gasteiger partial charge in [0.2, 0.25) is 10.0 Å². The van der Waals surface area contributed by atoms with Crippen LogP contribution in [0.5, 0.6) is 0 Å². The van der Waals surface area contributed by atoms with Crippen LogP contribution in [-0.2, 0) is 26.3 Å². The Morgan fingerprint density at radius 3 is 2.48 bits per heavy atom. The van der Waals surface area contributed by atoms with Crippen molar-refractivity contribution in [1.82, 2.24) is 14.5 Å². The Labute approximate surface area is 233 Å². The van der Waals surface area contributed by atoms with Gasteiger partial charge in [0.15, 0.2) is 5.78 Å². The zero-order chi connectivity index (χ0) is 29.9. The Morgan fingerprint density at radius 2 is 1.88 bits per heavy atom. The molecule has 0 aromatic carbocycles. The molecule has 0 bridgehead atoms. The fraction of sp³-hybridized carbons (Fsp3) is 0.500. The van der Waals surface area contributed by atoms with E-state index in [1.165, 1.54) is 18.5 Å². The van der Waals surface area contributed by atoms with Crippen LogP contribution in [0.1, 0.15) is 26.7 Å². The average molecular weight is 600 g/mol. The van der Waals surface area contributed by atoms with Crippen molar-refractivity contribution in [2.45, 2.75) is 76.2 Å². The van der Waals surface area contributed by atoms with Crippen molar-refractivity contribution >= 4 is 40.6 Å². The first-order chi connectivity index (χ1) is 18.4. The molecule has 0 radical (unpaired) electrons. The van der Waals surface area contributed by atoms with Crippen LogP contribution in [0.3, 0.4) is 0 Å². The molecule has 0 saturated heterocycles. The molecule has 3 N–H and O–H groups in total. The van der Waals surface area contributed by atoms with E-state index in [2.05, 4.69) is 34.9 Å². The van der Waals surface area contributed by atoms with Gasteiger partial charge in [0, 0.05) is 62.4 Å². The normalized spacial score (nSPS) is 13.7. The van der Waals surface area contributed by atoms with Crippen LogP contribution in [-0.4, -0.2) is 55.6 Å². The number of anilines is 1. The molecule has 0 aliphatic carbocycles. The van der Waals surface area contributed by atoms with E-state index in [0.29, 0.717) is 34.5 Å². The number of fused-ring (bicyclic) bond motifs is 1. The predicted octanol–water partition coefficient (Wildman–Crippen LogP) is 5.41. The molecule has 1 atom stereocenters. The highest BCUT2D eigenvalue weighted by Gasteiger charge is 2.31. The van der Waals surface area contributed by atoms with Crippen LogP contribution in [0.4, 0.5) is 18.9 Å². The average Bonchev–Trinajstić information content (AvgIpc) is 3.20. The number of carbonyl (C=O) groups is 1. The number of halogens is 3. The molecule has 14 heteroatoms. The molecule has 3 rings (SSSR count). The molecule has 0 saturated carbocycles. The van der Waals surface area contributed by atoms with E-state index in [9.17, 15) is 26.4 Å². The number of Topliss-reactive ketones (excluding diaryl/α,β-unsaturated/α-hetero) is 1. The van der Waals surface area contributed by atoms with E-state index >= 15 is 0 Å². The number of nitrogens with two attached hydrogens (primary N) is 1. The second-order valence-electron chi connectivity index (χ2n) is 11.4. The third kappa shape index (κ3) is 8.85. The fourth-order valence-corrected chi connectivity index (χ4v) is 5.30. The van der Waals surface area contributed by atoms with E-state index < -0.39 is 48.9 Å². The largest absolute Gasteiger partial charge is 0.389 e. The number of ether oxygens (including phenoxy) is 1. The number of carbonyl (C=O) groups excluding carboxylic acids is 1. The van der Waals surface area contributed by atoms with Gasteiger partial charge in [-0.3, -0.25) is 9.78 Å². The molecule has 0 fully saturated rings. The van der Waals surface area contributed by atoms with E-state index in [1.807, 2.05) is 0 Å². The first-order valence-electron chi connectivity index (χ1n) is 12.9. The number of primary sulfonamides is 1. The summed E-state index contributed by atoms with van der Waals surface area (Å²) in [6, 6.07) is 3.26. The maximum absolute atomic E-state index is 12.7. The number of nitrogens with one attached hydrogen (secondary N) is 1. The minimum atomic E-state index is -4.42. The van der Waals surface area contributed by atoms with Gasteiger partial charge in [0.1, 0.15) is 17.3 Å². The number of alkyl halides is 3. The van der Waals surface area contributed by atoms with Crippen molar-refractivity contribution in [3.8, 4) is 11.1 Å². The molecular formula is C26H36F3N5O4SSi. The van der Waals surface area contributed by atoms with Crippen molar-refractivity contribution < 1.29 is 31.1 Å². The third-order valence-corrected chi connectivity index (χ3v) is 8.87. The minimum Gasteiger partial charge on any atom is -0.374 e. The first kappa shape index (κ1) is 31.7. The summed E-state index contributed by atoms with van der Waals surface area (Å²) >= 11 is 0. The van der Waals surface area contributed by atoms with E-state index in [-0.39, 0.29) is 17.5 Å². The van der Waals surface area contributed by atoms with Crippen LogP contribution < -0.4 is 10.5 Å². The second kappa shape index (κ2) is 12.4. The molecule has 0 spiro atoms. The number of aromatic nitrogens is 3. The van der Waals surface area contributed by atoms with Crippen LogP contribution >= 0.6 is 0 Å². The van der Waals surface area contributed by atoms with Gasteiger partial charge in [-0.15, -0.1) is 0 Å². The molecule has 1 unspecified atom stereocenters. The maximum Gasteiger partial charge on any atom is 0.389 e. The standard InChI is InChI=1S/C26H36F3N5O4SSi/c1-17(2)24(23(35)6-7-26(27,28)29)33-19-10-18(12-31-13-19)22-15-34(16-38-8-9-40(3,4)5)25-21(22)11-20(14-32-25)39(30,36)37/h10-15,17,24,33H,6-9,16H2,1-5H3,(H2,30,36,37). The van der Waals surface area contributed by atoms with Crippen LogP contribution in [0.15, 0.2) is 41.8 Å². The number of rotatable bonds is 13. The second-order valence-corrected chi connectivity index (χ2v) is 18.5. The Kier molecular flexibility index (Phi) is 9.81. The Balaban J connectivity index is 1.96. The lowest BCUT2D eigenvalue weighted by Gasteiger charge is -2.22. The summed E-state index contributed by atoms with van der Waals surface area (Å²) in [7, 11) is -5.33. The summed E-state index contributed by atoms with van der Waals surface area (Å²) < 4.78 is 69.8. The highest BCUT2D eigenvalue weighted by Crippen LogP contribution is 2.32. The Hall–Kier alpha value is -2.81. The number of ketones is 1. The first-order valence-corrected chi connectivity index (χ1v) is 18.1. The van der Waals surface area contributed by atoms with Gasteiger partial charge in [-0.05, 0) is 24.1 Å². The molecule has 3 aromatic heterocycles. The summed E-state index contributed by atoms with van der Waals surface area (Å²) in [6.07, 6.45) is -0.231. The summed E-state index contributed by atoms with van der Waals surface area (Å²) in [5.74, 6) is -0.826. The van der Waals surface area contributed by atoms with Gasteiger partial charge >= 0.3 is 6.18 Å². The highest BCUT2D eigenvalue weighted by molar-refractivity contribution is 7.89. The van der Waals surface area contributed by atoms with E-state index in [4.69, 9.17) is 9.88 Å². The zero-order valence-electron chi connectivity index (χ0n) is 23.2. The van der Waals surface area contributed by atoms with E-state index in [1.54, 1.807) is 36.9 Å². The Bertz CT molecular complexity index is 1450. The minimum absolute atomic E-state index is 0.156. The molecular weight excluding hydrogens is 563 g/mol. The number of nitrogens with zero attached hydrogens (tertiary/aromatic N) is 3. The lowest BCUT2D eigenvalue weighted by atomic mass is 9.96. The van der Waals surface area contributed by atoms with Gasteiger partial charge in [-0.1, -0.05) is 33.5 Å². The smallest absolute Gasteiger partial charge is 0.374 e. The van der Waals surface area contributed by atoms with Crippen molar-refractivity contribution in [3.05, 3.63) is 36.9 Å². The molecule has 0 aliphatic heterocycles. The number of hydrogen-bond donors (Lipinski definition) is 2. The number of sulfonamides is 1. The van der Waals surface area contributed by atoms with Crippen molar-refractivity contribution in [1.29, 1.82) is 0 Å². The topological polar surface area (TPSA) is 129 Å². The monoisotopic (exact) mass is 599 g/mol. The molecule has 220 valence electrons. The zero-order valence-corrected chi connectivity index (χ0v) is 25.1. The maximum atomic E-state index is 12.7. The van der Waals surface area contributed by atoms with Gasteiger partial charge in [-0.25, -0.2) is 18.5 Å². The SMILES string of the molecule is CC(C)C(Nc1cncc(-c2cn(COCC[Si](C)(C)C)c3ncc(S(N)(=O)=O)cc23)c1)C(=O)CCC(F)(F)F. The quantitative estimate of drug-likeness (QED) is 0.199. The predicted molar refractivity (Wildman–Crippen MR) is 151 cm³/mol. The summed E-state index contributed by atoms with van der Waals surface area (Å²) in [5.41, 5.74) is 2.09. The van der Waals surface area contributed by atoms with Crippen molar-refractivity contribution in [2.75, 3.05) is 11.9 Å². The van der Waals surface area contributed by atoms with Crippen molar-refractivity contribution in [2.24, 2.45) is 11.1 Å². The number of hydrogen-bond acceptors (Lipinski definition) is 7. The molecule has 9 nitrogen and oxygen atoms in total. The van der Waals surface area contributed by atoms with Crippen LogP contribution in [0.25, 0.3) is 22.2 Å². The van der Waals surface area contributed by atoms with Gasteiger partial charge in [-0.2, -0.15) is 13.2 Å². The number of pyridine rings is 2. The van der Waals surface area contributed by atoms with Gasteiger partial charge in [0.05, 0.1) is 18.2 Å². The van der Waals surface area contributed by atoms with Crippen molar-refractivity contribution in [3.63, 3.8) is 0 Å². The molecule has 0 aliphatic rings. The highest BCUT2D eigenvalue weighted by atomic mass is 32.2. The van der Waals surface area contributed by atoms with Gasteiger partial charge in [0.25, 0.3) is 0 Å².